The number of nitrogens with zero attached hydrogens (tertiary/aromatic N) is 1. The summed E-state index contributed by atoms with van der Waals surface area (Å²) in [5.41, 5.74) is 1.17. The van der Waals surface area contributed by atoms with Crippen LogP contribution < -0.4 is 15.5 Å². The van der Waals surface area contributed by atoms with Crippen LogP contribution in [0.1, 0.15) is 39.2 Å². The fourth-order valence-corrected chi connectivity index (χ4v) is 3.65. The van der Waals surface area contributed by atoms with Crippen LogP contribution in [0.5, 0.6) is 0 Å². The predicted molar refractivity (Wildman–Crippen MR) is 120 cm³/mol. The van der Waals surface area contributed by atoms with Crippen LogP contribution in [-0.2, 0) is 30.4 Å². The zero-order valence-electron chi connectivity index (χ0n) is 17.2. The summed E-state index contributed by atoms with van der Waals surface area (Å²) in [6.45, 7) is 5.29. The van der Waals surface area contributed by atoms with Crippen LogP contribution in [0, 0.1) is 5.92 Å². The first-order valence-corrected chi connectivity index (χ1v) is 11.1. The van der Waals surface area contributed by atoms with Crippen molar-refractivity contribution in [1.29, 1.82) is 0 Å². The van der Waals surface area contributed by atoms with Crippen LogP contribution in [0.25, 0.3) is 0 Å². The van der Waals surface area contributed by atoms with Gasteiger partial charge in [0.15, 0.2) is 5.78 Å². The number of nitrogens with one attached hydrogen (secondary N) is 2. The Hall–Kier alpha value is -2.30. The van der Waals surface area contributed by atoms with Crippen molar-refractivity contribution in [2.45, 2.75) is 50.0 Å². The lowest BCUT2D eigenvalue weighted by Gasteiger charge is -2.21. The van der Waals surface area contributed by atoms with Gasteiger partial charge in [-0.2, -0.15) is 0 Å². The van der Waals surface area contributed by atoms with Gasteiger partial charge in [-0.1, -0.05) is 55.5 Å². The average Bonchev–Trinajstić information content (AvgIpc) is 2.96. The Morgan fingerprint density at radius 3 is 2.30 bits per heavy atom. The van der Waals surface area contributed by atoms with Crippen LogP contribution in [-0.4, -0.2) is 45.9 Å². The largest absolute Gasteiger partial charge is 0.347 e. The monoisotopic (exact) mass is 527 g/mol. The highest BCUT2D eigenvalue weighted by Crippen LogP contribution is 2.27. The maximum absolute atomic E-state index is 12.4. The number of rotatable bonds is 9. The zero-order valence-corrected chi connectivity index (χ0v) is 19.4. The molecule has 0 saturated carbocycles. The highest BCUT2D eigenvalue weighted by molar-refractivity contribution is 14.1. The summed E-state index contributed by atoms with van der Waals surface area (Å²) < 4.78 is -0.354. The molecule has 1 saturated heterocycles. The molecule has 1 heterocycles. The SMILES string of the molecule is CCC(=O)CNC(=O)C(NC(=O)Cc1ccc(N2C(=O)CC(I)C2=O)cc1)C(C)C. The molecule has 8 nitrogen and oxygen atoms in total. The molecule has 2 rings (SSSR count). The highest BCUT2D eigenvalue weighted by atomic mass is 127. The van der Waals surface area contributed by atoms with E-state index >= 15 is 0 Å². The minimum absolute atomic E-state index is 0.0431. The summed E-state index contributed by atoms with van der Waals surface area (Å²) in [6.07, 6.45) is 0.565. The van der Waals surface area contributed by atoms with Crippen molar-refractivity contribution in [3.63, 3.8) is 0 Å². The third-order valence-electron chi connectivity index (χ3n) is 4.77. The fraction of sp³-hybridized carbons (Fsp3) is 0.476. The second kappa shape index (κ2) is 10.6. The smallest absolute Gasteiger partial charge is 0.247 e. The highest BCUT2D eigenvalue weighted by Gasteiger charge is 2.37. The number of anilines is 1. The Bertz CT molecular complexity index is 838. The number of benzene rings is 1. The van der Waals surface area contributed by atoms with Gasteiger partial charge in [0.1, 0.15) is 6.04 Å². The Balaban J connectivity index is 1.97. The molecule has 1 aromatic carbocycles. The van der Waals surface area contributed by atoms with Gasteiger partial charge in [-0.3, -0.25) is 24.0 Å². The summed E-state index contributed by atoms with van der Waals surface area (Å²) >= 11 is 1.95. The van der Waals surface area contributed by atoms with Crippen molar-refractivity contribution >= 4 is 57.7 Å². The van der Waals surface area contributed by atoms with Crippen molar-refractivity contribution in [3.8, 4) is 0 Å². The third kappa shape index (κ3) is 6.10. The number of ketones is 1. The average molecular weight is 527 g/mol. The lowest BCUT2D eigenvalue weighted by atomic mass is 10.0. The molecule has 0 aliphatic carbocycles. The Labute approximate surface area is 189 Å². The van der Waals surface area contributed by atoms with Crippen molar-refractivity contribution in [1.82, 2.24) is 10.6 Å². The lowest BCUT2D eigenvalue weighted by Crippen LogP contribution is -2.50. The van der Waals surface area contributed by atoms with E-state index in [1.165, 1.54) is 0 Å². The van der Waals surface area contributed by atoms with E-state index in [1.54, 1.807) is 31.2 Å². The van der Waals surface area contributed by atoms with Crippen molar-refractivity contribution in [2.75, 3.05) is 11.4 Å². The number of carbonyl (C=O) groups is 5. The topological polar surface area (TPSA) is 113 Å². The molecule has 1 aromatic rings. The number of hydrogen-bond donors (Lipinski definition) is 2. The standard InChI is InChI=1S/C21H26IN3O5/c1-4-15(26)11-23-20(29)19(12(2)3)24-17(27)9-13-5-7-14(8-6-13)25-18(28)10-16(22)21(25)30/h5-8,12,16,19H,4,9-11H2,1-3H3,(H,23,29)(H,24,27). The quantitative estimate of drug-likeness (QED) is 0.288. The van der Waals surface area contributed by atoms with Crippen LogP contribution in [0.4, 0.5) is 5.69 Å². The molecule has 162 valence electrons. The molecule has 0 bridgehead atoms. The summed E-state index contributed by atoms with van der Waals surface area (Å²) in [7, 11) is 0. The van der Waals surface area contributed by atoms with E-state index in [9.17, 15) is 24.0 Å². The summed E-state index contributed by atoms with van der Waals surface area (Å²) in [6, 6.07) is 5.88. The van der Waals surface area contributed by atoms with Crippen molar-refractivity contribution < 1.29 is 24.0 Å². The Morgan fingerprint density at radius 2 is 1.80 bits per heavy atom. The number of imide groups is 1. The minimum Gasteiger partial charge on any atom is -0.347 e. The van der Waals surface area contributed by atoms with Crippen LogP contribution in [0.15, 0.2) is 24.3 Å². The van der Waals surface area contributed by atoms with E-state index in [0.717, 1.165) is 4.90 Å². The first-order chi connectivity index (χ1) is 14.1. The molecule has 1 aliphatic rings. The van der Waals surface area contributed by atoms with E-state index < -0.39 is 11.9 Å². The van der Waals surface area contributed by atoms with E-state index in [0.29, 0.717) is 17.7 Å². The normalized spacial score (nSPS) is 17.2. The van der Waals surface area contributed by atoms with E-state index in [1.807, 2.05) is 36.4 Å². The molecule has 2 N–H and O–H groups in total. The first-order valence-electron chi connectivity index (χ1n) is 9.82. The van der Waals surface area contributed by atoms with Gasteiger partial charge in [-0.05, 0) is 23.6 Å². The zero-order chi connectivity index (χ0) is 22.4. The van der Waals surface area contributed by atoms with Crippen LogP contribution in [0.3, 0.4) is 0 Å². The first kappa shape index (κ1) is 24.0. The van der Waals surface area contributed by atoms with Crippen molar-refractivity contribution in [3.05, 3.63) is 29.8 Å². The third-order valence-corrected chi connectivity index (χ3v) is 5.74. The second-order valence-corrected chi connectivity index (χ2v) is 8.99. The van der Waals surface area contributed by atoms with Gasteiger partial charge in [0, 0.05) is 12.8 Å². The predicted octanol–water partition coefficient (Wildman–Crippen LogP) is 1.53. The molecule has 0 spiro atoms. The molecule has 2 atom stereocenters. The van der Waals surface area contributed by atoms with Gasteiger partial charge in [0.25, 0.3) is 0 Å². The maximum Gasteiger partial charge on any atom is 0.247 e. The summed E-state index contributed by atoms with van der Waals surface area (Å²) in [5, 5.41) is 5.28. The molecular weight excluding hydrogens is 501 g/mol. The van der Waals surface area contributed by atoms with Gasteiger partial charge in [0.2, 0.25) is 23.6 Å². The van der Waals surface area contributed by atoms with E-state index in [-0.39, 0.29) is 52.7 Å². The number of carbonyl (C=O) groups excluding carboxylic acids is 5. The van der Waals surface area contributed by atoms with Gasteiger partial charge < -0.3 is 10.6 Å². The maximum atomic E-state index is 12.4. The lowest BCUT2D eigenvalue weighted by molar-refractivity contribution is -0.130. The second-order valence-electron chi connectivity index (χ2n) is 7.48. The van der Waals surface area contributed by atoms with Gasteiger partial charge in [0.05, 0.1) is 22.6 Å². The van der Waals surface area contributed by atoms with Crippen molar-refractivity contribution in [2.24, 2.45) is 5.92 Å². The van der Waals surface area contributed by atoms with Gasteiger partial charge >= 0.3 is 0 Å². The van der Waals surface area contributed by atoms with Gasteiger partial charge in [-0.25, -0.2) is 4.90 Å². The molecule has 9 heteroatoms. The van der Waals surface area contributed by atoms with Crippen LogP contribution in [0.2, 0.25) is 0 Å². The molecule has 0 radical (unpaired) electrons. The molecular formula is C21H26IN3O5. The molecule has 0 aromatic heterocycles. The van der Waals surface area contributed by atoms with E-state index in [4.69, 9.17) is 0 Å². The molecule has 4 amide bonds. The Kier molecular flexibility index (Phi) is 8.51. The number of halogens is 1. The minimum atomic E-state index is -0.748. The van der Waals surface area contributed by atoms with Gasteiger partial charge in [-0.15, -0.1) is 0 Å². The summed E-state index contributed by atoms with van der Waals surface area (Å²) in [5.74, 6) is -1.44. The number of hydrogen-bond acceptors (Lipinski definition) is 5. The number of Topliss-reactive ketones (excluding diaryl/α,β-unsaturated/α-hetero) is 1. The molecule has 1 aliphatic heterocycles. The van der Waals surface area contributed by atoms with E-state index in [2.05, 4.69) is 10.6 Å². The molecule has 30 heavy (non-hydrogen) atoms. The molecule has 1 fully saturated rings. The Morgan fingerprint density at radius 1 is 1.17 bits per heavy atom. The summed E-state index contributed by atoms with van der Waals surface area (Å²) in [4.78, 5) is 61.4. The number of alkyl halides is 1. The number of amides is 4. The molecule has 2 unspecified atom stereocenters. The fourth-order valence-electron chi connectivity index (χ4n) is 2.99. The van der Waals surface area contributed by atoms with Crippen LogP contribution >= 0.6 is 22.6 Å².